The van der Waals surface area contributed by atoms with Crippen LogP contribution in [-0.2, 0) is 0 Å². The zero-order valence-electron chi connectivity index (χ0n) is 20.2. The number of nitrogens with one attached hydrogen (secondary N) is 1. The largest absolute Gasteiger partial charge is 0.463 e. The molecule has 0 aliphatic carbocycles. The predicted molar refractivity (Wildman–Crippen MR) is 143 cm³/mol. The van der Waals surface area contributed by atoms with Crippen LogP contribution in [0.4, 0.5) is 11.9 Å². The highest BCUT2D eigenvalue weighted by atomic mass is 35.5. The van der Waals surface area contributed by atoms with Crippen molar-refractivity contribution in [2.24, 2.45) is 5.73 Å². The molecule has 0 radical (unpaired) electrons. The summed E-state index contributed by atoms with van der Waals surface area (Å²) in [6.45, 7) is 7.73. The minimum atomic E-state index is 0.453. The molecule has 1 saturated heterocycles. The number of hydrogen-bond acceptors (Lipinski definition) is 9. The van der Waals surface area contributed by atoms with Crippen LogP contribution in [0.1, 0.15) is 26.0 Å². The number of rotatable bonds is 8. The summed E-state index contributed by atoms with van der Waals surface area (Å²) in [5, 5.41) is 4.62. The number of nitrogens with zero attached hydrogens (tertiary/aromatic N) is 5. The molecule has 1 aromatic carbocycles. The van der Waals surface area contributed by atoms with Crippen LogP contribution in [0.2, 0.25) is 5.02 Å². The standard InChI is InChI=1S/C25H30ClN7OS/c1-4-17(2)20(16-19(27)21-9-7-15-34-21)28-23-29-24(33-13-11-32(3)12-14-33)31-25(30-23)35-22-10-6-5-8-18(22)26/h5-10,15-16H,4,11-14,27H2,1-3H3,(H,28,29,30,31)/b19-16-,20-17-. The highest BCUT2D eigenvalue weighted by Gasteiger charge is 2.20. The van der Waals surface area contributed by atoms with Crippen molar-refractivity contribution in [2.45, 2.75) is 30.3 Å². The van der Waals surface area contributed by atoms with Crippen molar-refractivity contribution < 1.29 is 4.42 Å². The molecule has 0 saturated carbocycles. The summed E-state index contributed by atoms with van der Waals surface area (Å²) in [5.74, 6) is 1.70. The molecule has 10 heteroatoms. The van der Waals surface area contributed by atoms with Gasteiger partial charge in [0, 0.05) is 36.8 Å². The van der Waals surface area contributed by atoms with Crippen molar-refractivity contribution in [1.29, 1.82) is 0 Å². The summed E-state index contributed by atoms with van der Waals surface area (Å²) in [7, 11) is 2.12. The van der Waals surface area contributed by atoms with Crippen LogP contribution in [0.5, 0.6) is 0 Å². The zero-order chi connectivity index (χ0) is 24.8. The molecule has 3 N–H and O–H groups in total. The van der Waals surface area contributed by atoms with Crippen molar-refractivity contribution in [3.63, 3.8) is 0 Å². The summed E-state index contributed by atoms with van der Waals surface area (Å²) in [4.78, 5) is 19.6. The number of benzene rings is 1. The molecule has 4 rings (SSSR count). The van der Waals surface area contributed by atoms with Crippen LogP contribution < -0.4 is 16.0 Å². The molecule has 0 bridgehead atoms. The van der Waals surface area contributed by atoms with E-state index < -0.39 is 0 Å². The van der Waals surface area contributed by atoms with E-state index in [4.69, 9.17) is 36.7 Å². The van der Waals surface area contributed by atoms with Crippen LogP contribution in [-0.4, -0.2) is 53.1 Å². The van der Waals surface area contributed by atoms with Gasteiger partial charge in [0.15, 0.2) is 5.16 Å². The van der Waals surface area contributed by atoms with Crippen molar-refractivity contribution >= 4 is 41.0 Å². The number of nitrogens with two attached hydrogens (primary N) is 1. The zero-order valence-corrected chi connectivity index (χ0v) is 21.7. The maximum absolute atomic E-state index is 6.41. The maximum Gasteiger partial charge on any atom is 0.233 e. The molecule has 0 amide bonds. The molecule has 3 heterocycles. The van der Waals surface area contributed by atoms with E-state index in [0.717, 1.165) is 48.8 Å². The van der Waals surface area contributed by atoms with E-state index in [9.17, 15) is 0 Å². The van der Waals surface area contributed by atoms with Gasteiger partial charge in [-0.15, -0.1) is 0 Å². The average molecular weight is 512 g/mol. The number of allylic oxidation sites excluding steroid dienone is 2. The highest BCUT2D eigenvalue weighted by molar-refractivity contribution is 7.99. The molecule has 2 aromatic heterocycles. The predicted octanol–water partition coefficient (Wildman–Crippen LogP) is 5.12. The van der Waals surface area contributed by atoms with Crippen LogP contribution in [0.15, 0.2) is 74.5 Å². The molecule has 1 aliphatic rings. The van der Waals surface area contributed by atoms with Crippen LogP contribution in [0.25, 0.3) is 5.70 Å². The fraction of sp³-hybridized carbons (Fsp3) is 0.320. The molecule has 1 fully saturated rings. The number of hydrogen-bond donors (Lipinski definition) is 2. The minimum absolute atomic E-state index is 0.453. The number of piperazine rings is 1. The third kappa shape index (κ3) is 6.56. The second kappa shape index (κ2) is 11.6. The van der Waals surface area contributed by atoms with E-state index in [1.165, 1.54) is 11.8 Å². The second-order valence-electron chi connectivity index (χ2n) is 8.31. The summed E-state index contributed by atoms with van der Waals surface area (Å²) in [6.07, 6.45) is 4.30. The lowest BCUT2D eigenvalue weighted by Gasteiger charge is -2.32. The second-order valence-corrected chi connectivity index (χ2v) is 9.73. The van der Waals surface area contributed by atoms with Crippen molar-refractivity contribution in [2.75, 3.05) is 43.4 Å². The molecule has 35 heavy (non-hydrogen) atoms. The Labute approximate surface area is 215 Å². The van der Waals surface area contributed by atoms with Gasteiger partial charge >= 0.3 is 0 Å². The van der Waals surface area contributed by atoms with Gasteiger partial charge in [0.05, 0.1) is 17.0 Å². The summed E-state index contributed by atoms with van der Waals surface area (Å²) < 4.78 is 5.45. The van der Waals surface area contributed by atoms with Gasteiger partial charge in [-0.05, 0) is 68.1 Å². The summed E-state index contributed by atoms with van der Waals surface area (Å²) in [5.41, 5.74) is 8.76. The number of aromatic nitrogens is 3. The topological polar surface area (TPSA) is 96.3 Å². The smallest absolute Gasteiger partial charge is 0.233 e. The van der Waals surface area contributed by atoms with Crippen LogP contribution in [0.3, 0.4) is 0 Å². The number of anilines is 2. The van der Waals surface area contributed by atoms with E-state index >= 15 is 0 Å². The Hall–Kier alpha value is -3.01. The molecule has 3 aromatic rings. The number of likely N-dealkylation sites (N-methyl/N-ethyl adjacent to an activating group) is 1. The quantitative estimate of drug-likeness (QED) is 0.399. The number of halogens is 1. The lowest BCUT2D eigenvalue weighted by atomic mass is 10.1. The highest BCUT2D eigenvalue weighted by Crippen LogP contribution is 2.32. The van der Waals surface area contributed by atoms with Gasteiger partial charge in [0.2, 0.25) is 11.9 Å². The fourth-order valence-corrected chi connectivity index (χ4v) is 4.49. The van der Waals surface area contributed by atoms with Gasteiger partial charge in [-0.1, -0.05) is 30.7 Å². The first kappa shape index (κ1) is 25.1. The van der Waals surface area contributed by atoms with E-state index in [-0.39, 0.29) is 0 Å². The van der Waals surface area contributed by atoms with Gasteiger partial charge in [-0.25, -0.2) is 0 Å². The van der Waals surface area contributed by atoms with Gasteiger partial charge in [-0.2, -0.15) is 15.0 Å². The Kier molecular flexibility index (Phi) is 8.33. The molecule has 8 nitrogen and oxygen atoms in total. The van der Waals surface area contributed by atoms with Crippen LogP contribution >= 0.6 is 23.4 Å². The van der Waals surface area contributed by atoms with E-state index in [0.29, 0.717) is 33.5 Å². The van der Waals surface area contributed by atoms with E-state index in [1.54, 1.807) is 6.26 Å². The molecule has 1 aliphatic heterocycles. The van der Waals surface area contributed by atoms with Crippen molar-refractivity contribution in [3.05, 3.63) is 70.8 Å². The van der Waals surface area contributed by atoms with E-state index in [1.807, 2.05) is 42.5 Å². The van der Waals surface area contributed by atoms with Gasteiger partial charge in [0.1, 0.15) is 5.76 Å². The first-order valence-corrected chi connectivity index (χ1v) is 12.7. The Balaban J connectivity index is 1.69. The maximum atomic E-state index is 6.41. The average Bonchev–Trinajstić information content (AvgIpc) is 3.40. The van der Waals surface area contributed by atoms with E-state index in [2.05, 4.69) is 36.0 Å². The Bertz CT molecular complexity index is 1200. The number of furan rings is 1. The normalized spacial score (nSPS) is 15.8. The SMILES string of the molecule is CC/C(C)=C(/C=C(\N)c1ccco1)Nc1nc(Sc2ccccc2Cl)nc(N2CCN(C)CC2)n1. The molecular formula is C25H30ClN7OS. The molecule has 0 spiro atoms. The first-order valence-electron chi connectivity index (χ1n) is 11.5. The Morgan fingerprint density at radius 2 is 1.91 bits per heavy atom. The lowest BCUT2D eigenvalue weighted by Crippen LogP contribution is -2.45. The molecular weight excluding hydrogens is 482 g/mol. The van der Waals surface area contributed by atoms with Gasteiger partial charge in [-0.3, -0.25) is 0 Å². The molecule has 0 atom stereocenters. The molecule has 184 valence electrons. The lowest BCUT2D eigenvalue weighted by molar-refractivity contribution is 0.311. The first-order chi connectivity index (χ1) is 16.9. The van der Waals surface area contributed by atoms with Crippen molar-refractivity contribution in [3.8, 4) is 0 Å². The fourth-order valence-electron chi connectivity index (χ4n) is 3.47. The molecule has 0 unspecified atom stereocenters. The Morgan fingerprint density at radius 1 is 1.14 bits per heavy atom. The van der Waals surface area contributed by atoms with Gasteiger partial charge < -0.3 is 25.3 Å². The Morgan fingerprint density at radius 3 is 2.60 bits per heavy atom. The third-order valence-corrected chi connectivity index (χ3v) is 7.15. The third-order valence-electron chi connectivity index (χ3n) is 5.77. The van der Waals surface area contributed by atoms with Gasteiger partial charge in [0.25, 0.3) is 0 Å². The van der Waals surface area contributed by atoms with Crippen molar-refractivity contribution in [1.82, 2.24) is 19.9 Å². The monoisotopic (exact) mass is 511 g/mol. The van der Waals surface area contributed by atoms with Crippen LogP contribution in [0, 0.1) is 0 Å². The minimum Gasteiger partial charge on any atom is -0.463 e. The summed E-state index contributed by atoms with van der Waals surface area (Å²) >= 11 is 7.83. The summed E-state index contributed by atoms with van der Waals surface area (Å²) in [6, 6.07) is 11.3.